The molecular weight excluding hydrogens is 358 g/mol. The van der Waals surface area contributed by atoms with Gasteiger partial charge in [-0.25, -0.2) is 9.59 Å². The number of carbonyl (C=O) groups excluding carboxylic acids is 3. The molecule has 2 aliphatic rings. The Kier molecular flexibility index (Phi) is 6.21. The summed E-state index contributed by atoms with van der Waals surface area (Å²) in [5, 5.41) is 5.00. The third kappa shape index (κ3) is 5.03. The molecule has 1 heterocycles. The molecule has 0 saturated heterocycles. The molecule has 2 N–H and O–H groups in total. The molecule has 152 valence electrons. The fourth-order valence-electron chi connectivity index (χ4n) is 3.80. The van der Waals surface area contributed by atoms with Gasteiger partial charge in [0.05, 0.1) is 0 Å². The van der Waals surface area contributed by atoms with E-state index in [-0.39, 0.29) is 6.04 Å². The zero-order valence-electron chi connectivity index (χ0n) is 16.8. The summed E-state index contributed by atoms with van der Waals surface area (Å²) in [4.78, 5) is 35.9. The van der Waals surface area contributed by atoms with E-state index in [0.717, 1.165) is 36.9 Å². The molecule has 1 aromatic heterocycles. The number of carbonyl (C=O) groups is 3. The second-order valence-electron chi connectivity index (χ2n) is 7.78. The Morgan fingerprint density at radius 1 is 1.18 bits per heavy atom. The van der Waals surface area contributed by atoms with Gasteiger partial charge in [0.15, 0.2) is 6.10 Å². The van der Waals surface area contributed by atoms with Gasteiger partial charge in [-0.2, -0.15) is 0 Å². The van der Waals surface area contributed by atoms with Gasteiger partial charge in [0.25, 0.3) is 5.91 Å². The maximum Gasteiger partial charge on any atom is 0.331 e. The number of aryl methyl sites for hydroxylation is 1. The number of rotatable bonds is 6. The zero-order valence-corrected chi connectivity index (χ0v) is 16.8. The Bertz CT molecular complexity index is 786. The van der Waals surface area contributed by atoms with Crippen LogP contribution >= 0.6 is 0 Å². The van der Waals surface area contributed by atoms with Crippen LogP contribution in [0, 0.1) is 13.8 Å². The quantitative estimate of drug-likeness (QED) is 0.580. The molecule has 0 aliphatic heterocycles. The molecule has 3 amide bonds. The third-order valence-corrected chi connectivity index (χ3v) is 5.42. The first-order chi connectivity index (χ1) is 13.3. The van der Waals surface area contributed by atoms with Gasteiger partial charge in [-0.15, -0.1) is 0 Å². The molecule has 28 heavy (non-hydrogen) atoms. The second-order valence-corrected chi connectivity index (χ2v) is 7.78. The largest absolute Gasteiger partial charge is 0.449 e. The summed E-state index contributed by atoms with van der Waals surface area (Å²) < 4.78 is 7.41. The average molecular weight is 387 g/mol. The number of nitrogens with one attached hydrogen (secondary N) is 2. The number of ether oxygens (including phenoxy) is 1. The van der Waals surface area contributed by atoms with Gasteiger partial charge in [0.2, 0.25) is 0 Å². The average Bonchev–Trinajstić information content (AvgIpc) is 3.25. The van der Waals surface area contributed by atoms with Gasteiger partial charge in [0.1, 0.15) is 0 Å². The molecule has 7 heteroatoms. The van der Waals surface area contributed by atoms with Crippen molar-refractivity contribution in [3.63, 3.8) is 0 Å². The molecule has 1 atom stereocenters. The number of esters is 1. The van der Waals surface area contributed by atoms with Gasteiger partial charge in [-0.1, -0.05) is 12.8 Å². The maximum atomic E-state index is 12.0. The number of imide groups is 1. The zero-order chi connectivity index (χ0) is 20.3. The van der Waals surface area contributed by atoms with Crippen molar-refractivity contribution >= 4 is 24.0 Å². The number of amides is 3. The fraction of sp³-hybridized carbons (Fsp3) is 0.571. The SMILES string of the molecule is Cc1cc(/C=C/C(=O)O[C@@H](C)C(=O)NC(=O)NC2CCCC2)c(C)n1C1CC1. The van der Waals surface area contributed by atoms with Crippen molar-refractivity contribution in [2.75, 3.05) is 0 Å². The lowest BCUT2D eigenvalue weighted by atomic mass is 10.2. The minimum Gasteiger partial charge on any atom is -0.449 e. The summed E-state index contributed by atoms with van der Waals surface area (Å²) in [7, 11) is 0. The summed E-state index contributed by atoms with van der Waals surface area (Å²) in [5.41, 5.74) is 3.27. The lowest BCUT2D eigenvalue weighted by Gasteiger charge is -2.15. The van der Waals surface area contributed by atoms with E-state index >= 15 is 0 Å². The molecule has 2 fully saturated rings. The molecule has 0 aromatic carbocycles. The fourth-order valence-corrected chi connectivity index (χ4v) is 3.80. The topological polar surface area (TPSA) is 89.4 Å². The van der Waals surface area contributed by atoms with Crippen LogP contribution in [0.4, 0.5) is 4.79 Å². The van der Waals surface area contributed by atoms with E-state index in [1.54, 1.807) is 6.08 Å². The van der Waals surface area contributed by atoms with E-state index in [0.29, 0.717) is 6.04 Å². The van der Waals surface area contributed by atoms with Crippen LogP contribution in [0.25, 0.3) is 6.08 Å². The van der Waals surface area contributed by atoms with Crippen molar-refractivity contribution in [3.05, 3.63) is 29.1 Å². The Balaban J connectivity index is 1.48. The van der Waals surface area contributed by atoms with Gasteiger partial charge in [-0.3, -0.25) is 10.1 Å². The molecule has 0 spiro atoms. The molecular formula is C21H29N3O4. The van der Waals surface area contributed by atoms with E-state index in [1.807, 2.05) is 13.0 Å². The van der Waals surface area contributed by atoms with E-state index < -0.39 is 24.0 Å². The molecule has 7 nitrogen and oxygen atoms in total. The van der Waals surface area contributed by atoms with Crippen LogP contribution in [0.3, 0.4) is 0 Å². The molecule has 0 unspecified atom stereocenters. The Morgan fingerprint density at radius 3 is 2.50 bits per heavy atom. The van der Waals surface area contributed by atoms with Crippen LogP contribution < -0.4 is 10.6 Å². The highest BCUT2D eigenvalue weighted by Gasteiger charge is 2.26. The minimum atomic E-state index is -1.05. The number of hydrogen-bond acceptors (Lipinski definition) is 4. The van der Waals surface area contributed by atoms with Crippen LogP contribution in [-0.2, 0) is 14.3 Å². The van der Waals surface area contributed by atoms with Crippen molar-refractivity contribution in [1.29, 1.82) is 0 Å². The van der Waals surface area contributed by atoms with Crippen molar-refractivity contribution in [1.82, 2.24) is 15.2 Å². The van der Waals surface area contributed by atoms with E-state index in [9.17, 15) is 14.4 Å². The first kappa shape index (κ1) is 20.2. The lowest BCUT2D eigenvalue weighted by molar-refractivity contribution is -0.149. The number of hydrogen-bond donors (Lipinski definition) is 2. The van der Waals surface area contributed by atoms with Gasteiger partial charge in [-0.05, 0) is 64.2 Å². The van der Waals surface area contributed by atoms with Crippen LogP contribution in [0.5, 0.6) is 0 Å². The molecule has 2 saturated carbocycles. The highest BCUT2D eigenvalue weighted by molar-refractivity contribution is 5.98. The molecule has 0 radical (unpaired) electrons. The van der Waals surface area contributed by atoms with Crippen LogP contribution in [-0.4, -0.2) is 34.6 Å². The predicted molar refractivity (Wildman–Crippen MR) is 106 cm³/mol. The van der Waals surface area contributed by atoms with Crippen LogP contribution in [0.15, 0.2) is 12.1 Å². The Hall–Kier alpha value is -2.57. The lowest BCUT2D eigenvalue weighted by Crippen LogP contribution is -2.47. The smallest absolute Gasteiger partial charge is 0.331 e. The van der Waals surface area contributed by atoms with Gasteiger partial charge < -0.3 is 14.6 Å². The Labute approximate surface area is 165 Å². The third-order valence-electron chi connectivity index (χ3n) is 5.42. The van der Waals surface area contributed by atoms with E-state index in [4.69, 9.17) is 4.74 Å². The summed E-state index contributed by atoms with van der Waals surface area (Å²) in [5.74, 6) is -1.25. The molecule has 0 bridgehead atoms. The van der Waals surface area contributed by atoms with E-state index in [1.165, 1.54) is 31.5 Å². The van der Waals surface area contributed by atoms with Gasteiger partial charge in [0, 0.05) is 29.5 Å². The maximum absolute atomic E-state index is 12.0. The highest BCUT2D eigenvalue weighted by atomic mass is 16.5. The molecule has 2 aliphatic carbocycles. The minimum absolute atomic E-state index is 0.114. The highest BCUT2D eigenvalue weighted by Crippen LogP contribution is 2.38. The first-order valence-electron chi connectivity index (χ1n) is 10.0. The number of urea groups is 1. The summed E-state index contributed by atoms with van der Waals surface area (Å²) in [6.45, 7) is 5.54. The summed E-state index contributed by atoms with van der Waals surface area (Å²) in [6, 6.07) is 2.19. The van der Waals surface area contributed by atoms with Crippen LogP contribution in [0.1, 0.15) is 68.4 Å². The van der Waals surface area contributed by atoms with E-state index in [2.05, 4.69) is 22.1 Å². The normalized spacial score (nSPS) is 18.2. The molecule has 1 aromatic rings. The van der Waals surface area contributed by atoms with Crippen molar-refractivity contribution < 1.29 is 19.1 Å². The Morgan fingerprint density at radius 2 is 1.86 bits per heavy atom. The standard InChI is InChI=1S/C21H29N3O4/c1-13-12-16(14(2)24(13)18-9-10-18)8-11-19(25)28-15(3)20(26)23-21(27)22-17-6-4-5-7-17/h8,11-12,15,17-18H,4-7,9-10H2,1-3H3,(H2,22,23,26,27)/b11-8+/t15-/m0/s1. The first-order valence-corrected chi connectivity index (χ1v) is 10.0. The van der Waals surface area contributed by atoms with Crippen molar-refractivity contribution in [2.24, 2.45) is 0 Å². The predicted octanol–water partition coefficient (Wildman–Crippen LogP) is 3.15. The van der Waals surface area contributed by atoms with Gasteiger partial charge >= 0.3 is 12.0 Å². The number of nitrogens with zero attached hydrogens (tertiary/aromatic N) is 1. The summed E-state index contributed by atoms with van der Waals surface area (Å²) in [6.07, 6.45) is 8.40. The second kappa shape index (κ2) is 8.63. The number of aromatic nitrogens is 1. The molecule has 3 rings (SSSR count). The van der Waals surface area contributed by atoms with Crippen molar-refractivity contribution in [2.45, 2.75) is 77.5 Å². The summed E-state index contributed by atoms with van der Waals surface area (Å²) >= 11 is 0. The van der Waals surface area contributed by atoms with Crippen molar-refractivity contribution in [3.8, 4) is 0 Å². The monoisotopic (exact) mass is 387 g/mol. The van der Waals surface area contributed by atoms with Crippen LogP contribution in [0.2, 0.25) is 0 Å².